The lowest BCUT2D eigenvalue weighted by Gasteiger charge is -2.06. The van der Waals surface area contributed by atoms with Crippen molar-refractivity contribution in [2.24, 2.45) is 5.73 Å². The predicted molar refractivity (Wildman–Crippen MR) is 89.3 cm³/mol. The quantitative estimate of drug-likeness (QED) is 0.650. The molecular weight excluding hydrogens is 268 g/mol. The highest BCUT2D eigenvalue weighted by atomic mass is 32.2. The molecule has 0 aliphatic heterocycles. The number of benzene rings is 1. The number of nitrogens with two attached hydrogens (primary N) is 1. The van der Waals surface area contributed by atoms with Crippen LogP contribution in [0.5, 0.6) is 0 Å². The fourth-order valence-electron chi connectivity index (χ4n) is 1.85. The lowest BCUT2D eigenvalue weighted by Crippen LogP contribution is -2.14. The standard InChI is InChI=1S/C16H26N2OS/c1-2-3-6-14-7-9-15(10-8-14)18-16(19)13-20-12-5-4-11-17/h7-10H,2-6,11-13,17H2,1H3,(H,18,19). The molecule has 1 aromatic carbocycles. The molecule has 1 rings (SSSR count). The number of hydrogen-bond donors (Lipinski definition) is 2. The van der Waals surface area contributed by atoms with Crippen molar-refractivity contribution in [3.63, 3.8) is 0 Å². The molecule has 0 heterocycles. The third-order valence-electron chi connectivity index (χ3n) is 3.03. The first-order chi connectivity index (χ1) is 9.76. The highest BCUT2D eigenvalue weighted by molar-refractivity contribution is 7.99. The number of anilines is 1. The number of hydrogen-bond acceptors (Lipinski definition) is 3. The molecule has 0 saturated heterocycles. The zero-order chi connectivity index (χ0) is 14.6. The van der Waals surface area contributed by atoms with Crippen molar-refractivity contribution in [3.8, 4) is 0 Å². The summed E-state index contributed by atoms with van der Waals surface area (Å²) in [6, 6.07) is 8.17. The molecule has 1 aromatic rings. The van der Waals surface area contributed by atoms with Gasteiger partial charge in [-0.2, -0.15) is 11.8 Å². The average molecular weight is 294 g/mol. The Balaban J connectivity index is 2.24. The summed E-state index contributed by atoms with van der Waals surface area (Å²) in [7, 11) is 0. The summed E-state index contributed by atoms with van der Waals surface area (Å²) in [6.07, 6.45) is 5.65. The number of nitrogens with one attached hydrogen (secondary N) is 1. The summed E-state index contributed by atoms with van der Waals surface area (Å²) in [5.74, 6) is 1.59. The minimum absolute atomic E-state index is 0.0732. The van der Waals surface area contributed by atoms with E-state index in [4.69, 9.17) is 5.73 Å². The summed E-state index contributed by atoms with van der Waals surface area (Å²) in [5.41, 5.74) is 7.65. The Morgan fingerprint density at radius 2 is 1.95 bits per heavy atom. The largest absolute Gasteiger partial charge is 0.330 e. The predicted octanol–water partition coefficient (Wildman–Crippen LogP) is 3.44. The molecule has 0 atom stereocenters. The molecule has 0 aliphatic rings. The Kier molecular flexibility index (Phi) is 9.16. The maximum Gasteiger partial charge on any atom is 0.234 e. The Morgan fingerprint density at radius 3 is 2.60 bits per heavy atom. The molecule has 3 N–H and O–H groups in total. The van der Waals surface area contributed by atoms with Crippen molar-refractivity contribution in [1.82, 2.24) is 0 Å². The topological polar surface area (TPSA) is 55.1 Å². The van der Waals surface area contributed by atoms with Gasteiger partial charge in [0.1, 0.15) is 0 Å². The van der Waals surface area contributed by atoms with Crippen LogP contribution >= 0.6 is 11.8 Å². The van der Waals surface area contributed by atoms with Gasteiger partial charge in [-0.25, -0.2) is 0 Å². The van der Waals surface area contributed by atoms with Crippen molar-refractivity contribution in [3.05, 3.63) is 29.8 Å². The Hall–Kier alpha value is -1.00. The molecule has 20 heavy (non-hydrogen) atoms. The van der Waals surface area contributed by atoms with Crippen molar-refractivity contribution in [2.45, 2.75) is 39.0 Å². The lowest BCUT2D eigenvalue weighted by molar-refractivity contribution is -0.113. The van der Waals surface area contributed by atoms with Gasteiger partial charge in [-0.3, -0.25) is 4.79 Å². The van der Waals surface area contributed by atoms with E-state index in [0.717, 1.165) is 37.2 Å². The van der Waals surface area contributed by atoms with Gasteiger partial charge < -0.3 is 11.1 Å². The van der Waals surface area contributed by atoms with Gasteiger partial charge in [0.25, 0.3) is 0 Å². The van der Waals surface area contributed by atoms with Gasteiger partial charge in [-0.05, 0) is 55.7 Å². The summed E-state index contributed by atoms with van der Waals surface area (Å²) in [5, 5.41) is 2.93. The first-order valence-corrected chi connectivity index (χ1v) is 8.58. The third kappa shape index (κ3) is 7.56. The molecule has 0 radical (unpaired) electrons. The van der Waals surface area contributed by atoms with Gasteiger partial charge in [-0.15, -0.1) is 0 Å². The van der Waals surface area contributed by atoms with E-state index in [1.807, 2.05) is 12.1 Å². The molecule has 112 valence electrons. The first-order valence-electron chi connectivity index (χ1n) is 7.43. The van der Waals surface area contributed by atoms with E-state index in [-0.39, 0.29) is 5.91 Å². The van der Waals surface area contributed by atoms with Gasteiger partial charge in [0.2, 0.25) is 5.91 Å². The van der Waals surface area contributed by atoms with Crippen LogP contribution in [-0.4, -0.2) is 24.0 Å². The Labute approximate surface area is 126 Å². The van der Waals surface area contributed by atoms with E-state index in [9.17, 15) is 4.79 Å². The summed E-state index contributed by atoms with van der Waals surface area (Å²) >= 11 is 1.67. The van der Waals surface area contributed by atoms with E-state index < -0.39 is 0 Å². The molecule has 0 bridgehead atoms. The summed E-state index contributed by atoms with van der Waals surface area (Å²) in [4.78, 5) is 11.7. The molecule has 0 aliphatic carbocycles. The van der Waals surface area contributed by atoms with E-state index >= 15 is 0 Å². The highest BCUT2D eigenvalue weighted by Gasteiger charge is 2.02. The maximum atomic E-state index is 11.7. The van der Waals surface area contributed by atoms with E-state index in [1.165, 1.54) is 18.4 Å². The monoisotopic (exact) mass is 294 g/mol. The van der Waals surface area contributed by atoms with Crippen LogP contribution in [0, 0.1) is 0 Å². The second kappa shape index (κ2) is 10.7. The van der Waals surface area contributed by atoms with Crippen LogP contribution in [-0.2, 0) is 11.2 Å². The number of rotatable bonds is 10. The van der Waals surface area contributed by atoms with Crippen LogP contribution in [0.4, 0.5) is 5.69 Å². The molecular formula is C16H26N2OS. The highest BCUT2D eigenvalue weighted by Crippen LogP contribution is 2.12. The van der Waals surface area contributed by atoms with Gasteiger partial charge in [-0.1, -0.05) is 25.5 Å². The smallest absolute Gasteiger partial charge is 0.234 e. The van der Waals surface area contributed by atoms with Crippen LogP contribution in [0.3, 0.4) is 0 Å². The molecule has 0 spiro atoms. The van der Waals surface area contributed by atoms with Gasteiger partial charge >= 0.3 is 0 Å². The number of carbonyl (C=O) groups is 1. The molecule has 0 aromatic heterocycles. The van der Waals surface area contributed by atoms with Crippen molar-refractivity contribution in [2.75, 3.05) is 23.4 Å². The summed E-state index contributed by atoms with van der Waals surface area (Å²) in [6.45, 7) is 2.93. The van der Waals surface area contributed by atoms with Crippen molar-refractivity contribution >= 4 is 23.4 Å². The van der Waals surface area contributed by atoms with Crippen molar-refractivity contribution in [1.29, 1.82) is 0 Å². The number of amides is 1. The van der Waals surface area contributed by atoms with E-state index in [1.54, 1.807) is 11.8 Å². The minimum Gasteiger partial charge on any atom is -0.330 e. The second-order valence-electron chi connectivity index (χ2n) is 4.90. The van der Waals surface area contributed by atoms with Gasteiger partial charge in [0, 0.05) is 5.69 Å². The SMILES string of the molecule is CCCCc1ccc(NC(=O)CSCCCCN)cc1. The number of thioether (sulfide) groups is 1. The molecule has 1 amide bonds. The summed E-state index contributed by atoms with van der Waals surface area (Å²) < 4.78 is 0. The fraction of sp³-hybridized carbons (Fsp3) is 0.562. The van der Waals surface area contributed by atoms with Crippen LogP contribution in [0.25, 0.3) is 0 Å². The Bertz CT molecular complexity index is 379. The van der Waals surface area contributed by atoms with E-state index in [2.05, 4.69) is 24.4 Å². The average Bonchev–Trinajstić information content (AvgIpc) is 2.46. The fourth-order valence-corrected chi connectivity index (χ4v) is 2.66. The normalized spacial score (nSPS) is 10.5. The van der Waals surface area contributed by atoms with E-state index in [0.29, 0.717) is 5.75 Å². The van der Waals surface area contributed by atoms with Crippen molar-refractivity contribution < 1.29 is 4.79 Å². The van der Waals surface area contributed by atoms with Gasteiger partial charge in [0.15, 0.2) is 0 Å². The van der Waals surface area contributed by atoms with Gasteiger partial charge in [0.05, 0.1) is 5.75 Å². The van der Waals surface area contributed by atoms with Crippen LogP contribution < -0.4 is 11.1 Å². The molecule has 3 nitrogen and oxygen atoms in total. The number of aryl methyl sites for hydroxylation is 1. The zero-order valence-electron chi connectivity index (χ0n) is 12.4. The number of carbonyl (C=O) groups excluding carboxylic acids is 1. The zero-order valence-corrected chi connectivity index (χ0v) is 13.2. The maximum absolute atomic E-state index is 11.7. The van der Waals surface area contributed by atoms with Crippen LogP contribution in [0.15, 0.2) is 24.3 Å². The molecule has 0 fully saturated rings. The van der Waals surface area contributed by atoms with Crippen LogP contribution in [0.1, 0.15) is 38.2 Å². The second-order valence-corrected chi connectivity index (χ2v) is 6.00. The Morgan fingerprint density at radius 1 is 1.20 bits per heavy atom. The number of unbranched alkanes of at least 4 members (excludes halogenated alkanes) is 2. The minimum atomic E-state index is 0.0732. The lowest BCUT2D eigenvalue weighted by atomic mass is 10.1. The third-order valence-corrected chi connectivity index (χ3v) is 4.08. The van der Waals surface area contributed by atoms with Crippen LogP contribution in [0.2, 0.25) is 0 Å². The first kappa shape index (κ1) is 17.1. The molecule has 0 unspecified atom stereocenters. The molecule has 4 heteroatoms. The molecule has 0 saturated carbocycles.